The van der Waals surface area contributed by atoms with Crippen molar-refractivity contribution in [3.63, 3.8) is 0 Å². The molecule has 4 rings (SSSR count). The Balaban J connectivity index is 1.39. The van der Waals surface area contributed by atoms with Gasteiger partial charge < -0.3 is 40.0 Å². The molecule has 10 nitrogen and oxygen atoms in total. The quantitative estimate of drug-likeness (QED) is 0.193. The van der Waals surface area contributed by atoms with Gasteiger partial charge in [-0.25, -0.2) is 4.79 Å². The predicted molar refractivity (Wildman–Crippen MR) is 159 cm³/mol. The minimum Gasteiger partial charge on any atom is -0.508 e. The maximum atomic E-state index is 12.8. The van der Waals surface area contributed by atoms with E-state index in [1.54, 1.807) is 13.8 Å². The van der Waals surface area contributed by atoms with Crippen LogP contribution >= 0.6 is 0 Å². The fourth-order valence-electron chi connectivity index (χ4n) is 6.07. The standard InChI is InChI=1S/C33H45NO9/c1-18-21-14-25(43-32(40)30(21)24(37)15-22(18)35)19(2)23(36)16-28-33(3,4)27(38)17-26(42-28)31(41-5)34-29(39)13-9-12-20-10-7-6-8-11-20/h6-8,10-11,15,19,23,25-28,31,35-38H,9,12-14,16-17H2,1-5H3,(H,34,39)/t19-,23+,25-,26+,27-,28-,31+/m1/s1. The highest BCUT2D eigenvalue weighted by Gasteiger charge is 2.48. The number of ether oxygens (including phenoxy) is 3. The van der Waals surface area contributed by atoms with Gasteiger partial charge in [0.1, 0.15) is 29.3 Å². The second kappa shape index (κ2) is 13.6. The lowest BCUT2D eigenvalue weighted by Gasteiger charge is -2.48. The number of amides is 1. The number of phenolic OH excluding ortho intramolecular Hbond substituents is 2. The number of aliphatic hydroxyl groups excluding tert-OH is 2. The van der Waals surface area contributed by atoms with Gasteiger partial charge in [0.25, 0.3) is 0 Å². The SMILES string of the molecule is CO[C@H](NC(=O)CCCc1ccccc1)[C@@H]1C[C@@H](O)C(C)(C)[C@@H](C[C@H](O)[C@@H](C)[C@H]2Cc3c(C)c(O)cc(O)c3C(=O)O2)O1. The largest absolute Gasteiger partial charge is 0.508 e. The summed E-state index contributed by atoms with van der Waals surface area (Å²) in [5.74, 6) is -1.88. The van der Waals surface area contributed by atoms with Crippen LogP contribution in [0.15, 0.2) is 36.4 Å². The van der Waals surface area contributed by atoms with Crippen molar-refractivity contribution in [3.8, 4) is 11.5 Å². The van der Waals surface area contributed by atoms with Crippen molar-refractivity contribution in [2.45, 2.75) is 103 Å². The summed E-state index contributed by atoms with van der Waals surface area (Å²) in [7, 11) is 1.48. The molecule has 236 valence electrons. The summed E-state index contributed by atoms with van der Waals surface area (Å²) >= 11 is 0. The topological polar surface area (TPSA) is 155 Å². The highest BCUT2D eigenvalue weighted by molar-refractivity contribution is 5.96. The number of esters is 1. The van der Waals surface area contributed by atoms with Crippen LogP contribution < -0.4 is 5.32 Å². The lowest BCUT2D eigenvalue weighted by Crippen LogP contribution is -2.58. The summed E-state index contributed by atoms with van der Waals surface area (Å²) in [6, 6.07) is 11.1. The van der Waals surface area contributed by atoms with Crippen molar-refractivity contribution in [1.82, 2.24) is 5.32 Å². The minimum atomic E-state index is -0.977. The maximum Gasteiger partial charge on any atom is 0.342 e. The number of cyclic esters (lactones) is 1. The average molecular weight is 600 g/mol. The van der Waals surface area contributed by atoms with E-state index in [0.29, 0.717) is 24.0 Å². The van der Waals surface area contributed by atoms with Gasteiger partial charge in [0.15, 0.2) is 6.23 Å². The number of carbonyl (C=O) groups excluding carboxylic acids is 2. The molecule has 0 unspecified atom stereocenters. The van der Waals surface area contributed by atoms with Crippen molar-refractivity contribution in [1.29, 1.82) is 0 Å². The maximum absolute atomic E-state index is 12.8. The first-order chi connectivity index (χ1) is 20.3. The van der Waals surface area contributed by atoms with Gasteiger partial charge in [-0.2, -0.15) is 0 Å². The zero-order valence-electron chi connectivity index (χ0n) is 25.6. The zero-order chi connectivity index (χ0) is 31.5. The minimum absolute atomic E-state index is 0.0312. The van der Waals surface area contributed by atoms with E-state index in [2.05, 4.69) is 5.32 Å². The van der Waals surface area contributed by atoms with Crippen LogP contribution in [-0.4, -0.2) is 76.2 Å². The van der Waals surface area contributed by atoms with E-state index in [0.717, 1.165) is 18.1 Å². The molecule has 2 aliphatic heterocycles. The highest BCUT2D eigenvalue weighted by Crippen LogP contribution is 2.42. The number of fused-ring (bicyclic) bond motifs is 1. The number of aliphatic hydroxyl groups is 2. The summed E-state index contributed by atoms with van der Waals surface area (Å²) in [6.45, 7) is 7.17. The molecule has 2 heterocycles. The van der Waals surface area contributed by atoms with Crippen LogP contribution in [0, 0.1) is 18.3 Å². The number of methoxy groups -OCH3 is 1. The normalized spacial score (nSPS) is 25.2. The number of rotatable bonds is 11. The van der Waals surface area contributed by atoms with Crippen molar-refractivity contribution < 1.29 is 44.2 Å². The molecule has 1 fully saturated rings. The van der Waals surface area contributed by atoms with Crippen LogP contribution in [0.2, 0.25) is 0 Å². The van der Waals surface area contributed by atoms with Gasteiger partial charge in [-0.05, 0) is 36.5 Å². The van der Waals surface area contributed by atoms with Crippen LogP contribution in [0.1, 0.15) is 73.5 Å². The van der Waals surface area contributed by atoms with Crippen LogP contribution in [0.3, 0.4) is 0 Å². The Kier molecular flexibility index (Phi) is 10.4. The third-order valence-corrected chi connectivity index (χ3v) is 9.28. The number of aromatic hydroxyl groups is 2. The van der Waals surface area contributed by atoms with E-state index >= 15 is 0 Å². The molecule has 1 amide bonds. The molecule has 43 heavy (non-hydrogen) atoms. The number of hydrogen-bond acceptors (Lipinski definition) is 9. The first-order valence-corrected chi connectivity index (χ1v) is 15.0. The van der Waals surface area contributed by atoms with Crippen molar-refractivity contribution in [3.05, 3.63) is 58.7 Å². The van der Waals surface area contributed by atoms with Gasteiger partial charge in [0.05, 0.1) is 18.3 Å². The Bertz CT molecular complexity index is 1280. The zero-order valence-corrected chi connectivity index (χ0v) is 25.6. The first kappa shape index (κ1) is 32.7. The summed E-state index contributed by atoms with van der Waals surface area (Å²) in [5, 5.41) is 45.7. The molecule has 2 aromatic carbocycles. The Hall–Kier alpha value is -3.18. The fourth-order valence-corrected chi connectivity index (χ4v) is 6.07. The molecule has 0 spiro atoms. The smallest absolute Gasteiger partial charge is 0.342 e. The lowest BCUT2D eigenvalue weighted by atomic mass is 9.73. The van der Waals surface area contributed by atoms with Crippen LogP contribution in [0.5, 0.6) is 11.5 Å². The van der Waals surface area contributed by atoms with Crippen LogP contribution in [-0.2, 0) is 31.8 Å². The Morgan fingerprint density at radius 3 is 2.53 bits per heavy atom. The van der Waals surface area contributed by atoms with Crippen LogP contribution in [0.25, 0.3) is 0 Å². The molecular weight excluding hydrogens is 554 g/mol. The molecule has 0 saturated carbocycles. The molecule has 2 aromatic rings. The third-order valence-electron chi connectivity index (χ3n) is 9.28. The summed E-state index contributed by atoms with van der Waals surface area (Å²) in [6.07, 6.45) is -2.16. The first-order valence-electron chi connectivity index (χ1n) is 15.0. The Labute approximate surface area is 253 Å². The molecular formula is C33H45NO9. The Morgan fingerprint density at radius 2 is 1.86 bits per heavy atom. The van der Waals surface area contributed by atoms with E-state index in [1.165, 1.54) is 7.11 Å². The summed E-state index contributed by atoms with van der Waals surface area (Å²) in [4.78, 5) is 25.5. The molecule has 2 aliphatic rings. The number of nitrogens with one attached hydrogen (secondary N) is 1. The molecule has 0 aliphatic carbocycles. The van der Waals surface area contributed by atoms with Gasteiger partial charge in [-0.15, -0.1) is 0 Å². The molecule has 0 aromatic heterocycles. The molecule has 1 saturated heterocycles. The van der Waals surface area contributed by atoms with Crippen molar-refractivity contribution in [2.75, 3.05) is 7.11 Å². The fraction of sp³-hybridized carbons (Fsp3) is 0.576. The van der Waals surface area contributed by atoms with Gasteiger partial charge in [0, 0.05) is 50.2 Å². The van der Waals surface area contributed by atoms with E-state index < -0.39 is 54.0 Å². The monoisotopic (exact) mass is 599 g/mol. The summed E-state index contributed by atoms with van der Waals surface area (Å²) < 4.78 is 17.6. The summed E-state index contributed by atoms with van der Waals surface area (Å²) in [5.41, 5.74) is 1.44. The number of phenols is 2. The Morgan fingerprint density at radius 1 is 1.16 bits per heavy atom. The number of aryl methyl sites for hydroxylation is 1. The van der Waals surface area contributed by atoms with Gasteiger partial charge in [-0.1, -0.05) is 51.1 Å². The highest BCUT2D eigenvalue weighted by atomic mass is 16.6. The molecule has 0 bridgehead atoms. The van der Waals surface area contributed by atoms with Crippen LogP contribution in [0.4, 0.5) is 0 Å². The van der Waals surface area contributed by atoms with E-state index in [1.807, 2.05) is 44.2 Å². The number of carbonyl (C=O) groups is 2. The molecule has 7 atom stereocenters. The van der Waals surface area contributed by atoms with Crippen molar-refractivity contribution >= 4 is 11.9 Å². The number of benzene rings is 2. The second-order valence-corrected chi connectivity index (χ2v) is 12.5. The van der Waals surface area contributed by atoms with E-state index in [-0.39, 0.29) is 42.2 Å². The van der Waals surface area contributed by atoms with Gasteiger partial charge in [-0.3, -0.25) is 4.79 Å². The molecule has 0 radical (unpaired) electrons. The van der Waals surface area contributed by atoms with Crippen molar-refractivity contribution in [2.24, 2.45) is 11.3 Å². The van der Waals surface area contributed by atoms with E-state index in [9.17, 15) is 30.0 Å². The number of hydrogen-bond donors (Lipinski definition) is 5. The average Bonchev–Trinajstić information content (AvgIpc) is 2.96. The molecule has 5 N–H and O–H groups in total. The lowest BCUT2D eigenvalue weighted by molar-refractivity contribution is -0.216. The van der Waals surface area contributed by atoms with E-state index in [4.69, 9.17) is 14.2 Å². The van der Waals surface area contributed by atoms with Gasteiger partial charge in [0.2, 0.25) is 5.91 Å². The predicted octanol–water partition coefficient (Wildman–Crippen LogP) is 3.53. The second-order valence-electron chi connectivity index (χ2n) is 12.5. The molecule has 10 heteroatoms. The third kappa shape index (κ3) is 7.32. The van der Waals surface area contributed by atoms with Gasteiger partial charge >= 0.3 is 5.97 Å².